The van der Waals surface area contributed by atoms with Gasteiger partial charge in [0, 0.05) is 25.3 Å². The third-order valence-electron chi connectivity index (χ3n) is 2.38. The molecule has 0 aromatic heterocycles. The highest BCUT2D eigenvalue weighted by atomic mass is 16.5. The van der Waals surface area contributed by atoms with E-state index in [1.165, 1.54) is 0 Å². The molecule has 0 atom stereocenters. The highest BCUT2D eigenvalue weighted by Crippen LogP contribution is 2.02. The molecule has 1 N–H and O–H groups in total. The molecule has 2 aliphatic heterocycles. The molecule has 0 aromatic rings. The molecule has 0 saturated carbocycles. The van der Waals surface area contributed by atoms with Crippen molar-refractivity contribution in [1.29, 1.82) is 0 Å². The number of morpholine rings is 1. The van der Waals surface area contributed by atoms with Gasteiger partial charge in [-0.25, -0.2) is 9.79 Å². The number of carbonyl (C=O) groups is 2. The maximum absolute atomic E-state index is 11.1. The minimum atomic E-state index is -0.547. The Kier molecular flexibility index (Phi) is 3.08. The molecule has 2 heterocycles. The van der Waals surface area contributed by atoms with Gasteiger partial charge in [-0.3, -0.25) is 15.0 Å². The van der Waals surface area contributed by atoms with E-state index in [-0.39, 0.29) is 12.3 Å². The lowest BCUT2D eigenvalue weighted by Crippen LogP contribution is -2.43. The largest absolute Gasteiger partial charge is 0.379 e. The van der Waals surface area contributed by atoms with E-state index in [1.807, 2.05) is 0 Å². The second-order valence-corrected chi connectivity index (χ2v) is 3.60. The summed E-state index contributed by atoms with van der Waals surface area (Å²) in [7, 11) is 0. The molecule has 2 rings (SSSR count). The summed E-state index contributed by atoms with van der Waals surface area (Å²) in [6.07, 6.45) is 0.225. The number of nitrogens with one attached hydrogen (secondary N) is 1. The van der Waals surface area contributed by atoms with Gasteiger partial charge < -0.3 is 4.74 Å². The standard InChI is InChI=1S/C9H13N3O3/c13-8-5-7(10-9(14)11-8)6-12-1-3-15-4-2-12/h1-6H2,(H,11,13,14). The quantitative estimate of drug-likeness (QED) is 0.662. The van der Waals surface area contributed by atoms with Crippen molar-refractivity contribution in [3.05, 3.63) is 0 Å². The van der Waals surface area contributed by atoms with Gasteiger partial charge >= 0.3 is 6.03 Å². The SMILES string of the molecule is O=C1CC(CN2CCOCC2)=NC(=O)N1. The van der Waals surface area contributed by atoms with Gasteiger partial charge in [0.1, 0.15) is 0 Å². The van der Waals surface area contributed by atoms with Gasteiger partial charge in [0.05, 0.1) is 19.6 Å². The summed E-state index contributed by atoms with van der Waals surface area (Å²) in [5, 5.41) is 2.14. The number of hydrogen-bond acceptors (Lipinski definition) is 4. The van der Waals surface area contributed by atoms with Crippen molar-refractivity contribution in [1.82, 2.24) is 10.2 Å². The zero-order chi connectivity index (χ0) is 10.7. The van der Waals surface area contributed by atoms with Gasteiger partial charge in [0.2, 0.25) is 5.91 Å². The summed E-state index contributed by atoms with van der Waals surface area (Å²) in [6, 6.07) is -0.547. The number of urea groups is 1. The van der Waals surface area contributed by atoms with Crippen LogP contribution in [0.4, 0.5) is 4.79 Å². The summed E-state index contributed by atoms with van der Waals surface area (Å²) in [4.78, 5) is 28.0. The Labute approximate surface area is 87.3 Å². The summed E-state index contributed by atoms with van der Waals surface area (Å²) in [5.74, 6) is -0.266. The second-order valence-electron chi connectivity index (χ2n) is 3.60. The molecule has 2 aliphatic rings. The van der Waals surface area contributed by atoms with Crippen molar-refractivity contribution in [2.45, 2.75) is 6.42 Å². The van der Waals surface area contributed by atoms with Crippen LogP contribution in [0.1, 0.15) is 6.42 Å². The summed E-state index contributed by atoms with van der Waals surface area (Å²) < 4.78 is 5.20. The normalized spacial score (nSPS) is 23.6. The molecule has 3 amide bonds. The average Bonchev–Trinajstić information content (AvgIpc) is 2.17. The highest BCUT2D eigenvalue weighted by Gasteiger charge is 2.20. The van der Waals surface area contributed by atoms with Crippen molar-refractivity contribution < 1.29 is 14.3 Å². The Balaban J connectivity index is 1.92. The van der Waals surface area contributed by atoms with Crippen LogP contribution in [0.2, 0.25) is 0 Å². The van der Waals surface area contributed by atoms with Crippen LogP contribution in [-0.4, -0.2) is 55.4 Å². The van der Waals surface area contributed by atoms with Crippen LogP contribution in [0.25, 0.3) is 0 Å². The second kappa shape index (κ2) is 4.50. The fraction of sp³-hybridized carbons (Fsp3) is 0.667. The predicted octanol–water partition coefficient (Wildman–Crippen LogP) is -0.600. The van der Waals surface area contributed by atoms with Crippen LogP contribution in [0, 0.1) is 0 Å². The Bertz CT molecular complexity index is 308. The van der Waals surface area contributed by atoms with Gasteiger partial charge in [-0.15, -0.1) is 0 Å². The topological polar surface area (TPSA) is 71.0 Å². The average molecular weight is 211 g/mol. The first-order chi connectivity index (χ1) is 7.24. The summed E-state index contributed by atoms with van der Waals surface area (Å²) in [5.41, 5.74) is 0.644. The lowest BCUT2D eigenvalue weighted by molar-refractivity contribution is -0.119. The Morgan fingerprint density at radius 2 is 2.07 bits per heavy atom. The van der Waals surface area contributed by atoms with Crippen LogP contribution in [-0.2, 0) is 9.53 Å². The van der Waals surface area contributed by atoms with Crippen LogP contribution >= 0.6 is 0 Å². The number of nitrogens with zero attached hydrogens (tertiary/aromatic N) is 2. The summed E-state index contributed by atoms with van der Waals surface area (Å²) >= 11 is 0. The maximum atomic E-state index is 11.1. The minimum Gasteiger partial charge on any atom is -0.379 e. The van der Waals surface area contributed by atoms with Crippen LogP contribution in [0.15, 0.2) is 4.99 Å². The minimum absolute atomic E-state index is 0.225. The molecule has 0 aromatic carbocycles. The Hall–Kier alpha value is -1.27. The van der Waals surface area contributed by atoms with Gasteiger partial charge in [-0.2, -0.15) is 0 Å². The van der Waals surface area contributed by atoms with Crippen LogP contribution in [0.5, 0.6) is 0 Å². The number of hydrogen-bond donors (Lipinski definition) is 1. The van der Waals surface area contributed by atoms with Crippen molar-refractivity contribution in [3.8, 4) is 0 Å². The number of aliphatic imine (C=N–C) groups is 1. The number of rotatable bonds is 2. The van der Waals surface area contributed by atoms with Crippen LogP contribution < -0.4 is 5.32 Å². The van der Waals surface area contributed by atoms with Crippen molar-refractivity contribution in [2.75, 3.05) is 32.8 Å². The van der Waals surface area contributed by atoms with Crippen LogP contribution in [0.3, 0.4) is 0 Å². The smallest absolute Gasteiger partial charge is 0.347 e. The fourth-order valence-corrected chi connectivity index (χ4v) is 1.67. The zero-order valence-electron chi connectivity index (χ0n) is 8.36. The Morgan fingerprint density at radius 3 is 2.73 bits per heavy atom. The molecular weight excluding hydrogens is 198 g/mol. The van der Waals surface area contributed by atoms with Gasteiger partial charge in [0.15, 0.2) is 0 Å². The first kappa shape index (κ1) is 10.3. The van der Waals surface area contributed by atoms with E-state index in [0.29, 0.717) is 25.5 Å². The monoisotopic (exact) mass is 211 g/mol. The molecule has 0 bridgehead atoms. The van der Waals surface area contributed by atoms with E-state index >= 15 is 0 Å². The molecule has 15 heavy (non-hydrogen) atoms. The number of ether oxygens (including phenoxy) is 1. The van der Waals surface area contributed by atoms with Gasteiger partial charge in [-0.05, 0) is 0 Å². The highest BCUT2D eigenvalue weighted by molar-refractivity contribution is 6.14. The molecule has 6 heteroatoms. The number of amides is 3. The first-order valence-electron chi connectivity index (χ1n) is 4.94. The first-order valence-corrected chi connectivity index (χ1v) is 4.94. The van der Waals surface area contributed by atoms with E-state index in [2.05, 4.69) is 15.2 Å². The molecule has 0 unspecified atom stereocenters. The Morgan fingerprint density at radius 1 is 1.33 bits per heavy atom. The number of imide groups is 1. The van der Waals surface area contributed by atoms with E-state index in [4.69, 9.17) is 4.74 Å². The van der Waals surface area contributed by atoms with Gasteiger partial charge in [0.25, 0.3) is 0 Å². The third kappa shape index (κ3) is 2.84. The van der Waals surface area contributed by atoms with E-state index in [0.717, 1.165) is 13.1 Å². The molecule has 82 valence electrons. The van der Waals surface area contributed by atoms with Crippen molar-refractivity contribution >= 4 is 17.6 Å². The third-order valence-corrected chi connectivity index (χ3v) is 2.38. The lowest BCUT2D eigenvalue weighted by Gasteiger charge is -2.27. The molecular formula is C9H13N3O3. The van der Waals surface area contributed by atoms with E-state index in [1.54, 1.807) is 0 Å². The van der Waals surface area contributed by atoms with Crippen molar-refractivity contribution in [2.24, 2.45) is 4.99 Å². The predicted molar refractivity (Wildman–Crippen MR) is 52.8 cm³/mol. The van der Waals surface area contributed by atoms with Gasteiger partial charge in [-0.1, -0.05) is 0 Å². The molecule has 6 nitrogen and oxygen atoms in total. The maximum Gasteiger partial charge on any atom is 0.347 e. The number of carbonyl (C=O) groups excluding carboxylic acids is 2. The van der Waals surface area contributed by atoms with Crippen molar-refractivity contribution in [3.63, 3.8) is 0 Å². The summed E-state index contributed by atoms with van der Waals surface area (Å²) in [6.45, 7) is 3.65. The zero-order valence-corrected chi connectivity index (χ0v) is 8.36. The molecule has 1 fully saturated rings. The molecule has 1 saturated heterocycles. The van der Waals surface area contributed by atoms with E-state index in [9.17, 15) is 9.59 Å². The van der Waals surface area contributed by atoms with E-state index < -0.39 is 6.03 Å². The molecule has 0 radical (unpaired) electrons. The molecule has 0 aliphatic carbocycles. The lowest BCUT2D eigenvalue weighted by atomic mass is 10.2. The fourth-order valence-electron chi connectivity index (χ4n) is 1.67. The molecule has 0 spiro atoms.